The molecule has 0 aliphatic carbocycles. The highest BCUT2D eigenvalue weighted by atomic mass is 19.4. The molecule has 2 amide bonds. The fourth-order valence-electron chi connectivity index (χ4n) is 4.43. The molecule has 37 heavy (non-hydrogen) atoms. The van der Waals surface area contributed by atoms with Crippen LogP contribution in [0.1, 0.15) is 47.7 Å². The number of nitrogens with one attached hydrogen (secondary N) is 1. The zero-order valence-corrected chi connectivity index (χ0v) is 19.9. The van der Waals surface area contributed by atoms with Crippen molar-refractivity contribution in [3.05, 3.63) is 53.1 Å². The number of amides is 2. The largest absolute Gasteiger partial charge is 0.479 e. The van der Waals surface area contributed by atoms with Gasteiger partial charge in [-0.1, -0.05) is 6.42 Å². The molecule has 1 N–H and O–H groups in total. The van der Waals surface area contributed by atoms with Gasteiger partial charge >= 0.3 is 12.4 Å². The van der Waals surface area contributed by atoms with Crippen LogP contribution in [0.2, 0.25) is 0 Å². The number of anilines is 2. The monoisotopic (exact) mass is 529 g/mol. The topological polar surface area (TPSA) is 61.9 Å². The van der Waals surface area contributed by atoms with Crippen molar-refractivity contribution in [1.29, 1.82) is 0 Å². The Balaban J connectivity index is 1.59. The summed E-state index contributed by atoms with van der Waals surface area (Å²) in [6.45, 7) is 4.45. The third-order valence-corrected chi connectivity index (χ3v) is 6.36. The van der Waals surface area contributed by atoms with Crippen LogP contribution in [-0.4, -0.2) is 49.0 Å². The maximum atomic E-state index is 13.2. The summed E-state index contributed by atoms with van der Waals surface area (Å²) in [6, 6.07) is 5.01. The second kappa shape index (κ2) is 10.2. The van der Waals surface area contributed by atoms with Crippen molar-refractivity contribution in [2.45, 2.75) is 44.6 Å². The van der Waals surface area contributed by atoms with Gasteiger partial charge < -0.3 is 19.9 Å². The second-order valence-electron chi connectivity index (χ2n) is 9.08. The third kappa shape index (κ3) is 6.17. The second-order valence-corrected chi connectivity index (χ2v) is 9.08. The number of carbonyl (C=O) groups is 2. The predicted molar refractivity (Wildman–Crippen MR) is 124 cm³/mol. The van der Waals surface area contributed by atoms with Gasteiger partial charge in [-0.3, -0.25) is 9.59 Å². The maximum absolute atomic E-state index is 13.2. The Morgan fingerprint density at radius 2 is 1.57 bits per heavy atom. The van der Waals surface area contributed by atoms with Crippen molar-refractivity contribution in [2.75, 3.05) is 36.4 Å². The Bertz CT molecular complexity index is 1140. The third-order valence-electron chi connectivity index (χ3n) is 6.36. The molecule has 0 saturated carbocycles. The molecule has 0 aromatic heterocycles. The van der Waals surface area contributed by atoms with Gasteiger partial charge in [-0.15, -0.1) is 0 Å². The Morgan fingerprint density at radius 3 is 2.16 bits per heavy atom. The van der Waals surface area contributed by atoms with Crippen LogP contribution in [0.3, 0.4) is 0 Å². The number of benzene rings is 2. The number of halogens is 6. The van der Waals surface area contributed by atoms with Crippen LogP contribution >= 0.6 is 0 Å². The van der Waals surface area contributed by atoms with Crippen LogP contribution in [0.5, 0.6) is 5.75 Å². The number of hydrogen-bond acceptors (Lipinski definition) is 4. The zero-order chi connectivity index (χ0) is 27.0. The van der Waals surface area contributed by atoms with Gasteiger partial charge in [0.05, 0.1) is 16.8 Å². The normalized spacial score (nSPS) is 18.8. The molecule has 12 heteroatoms. The lowest BCUT2D eigenvalue weighted by Gasteiger charge is -2.35. The van der Waals surface area contributed by atoms with Crippen molar-refractivity contribution in [1.82, 2.24) is 4.90 Å². The van der Waals surface area contributed by atoms with Gasteiger partial charge in [0.1, 0.15) is 5.75 Å². The van der Waals surface area contributed by atoms with E-state index >= 15 is 0 Å². The molecule has 1 fully saturated rings. The summed E-state index contributed by atoms with van der Waals surface area (Å²) in [5, 5.41) is 2.34. The maximum Gasteiger partial charge on any atom is 0.416 e. The van der Waals surface area contributed by atoms with E-state index < -0.39 is 41.1 Å². The molecule has 0 bridgehead atoms. The van der Waals surface area contributed by atoms with E-state index in [1.807, 2.05) is 0 Å². The fourth-order valence-corrected chi connectivity index (χ4v) is 4.43. The first-order valence-corrected chi connectivity index (χ1v) is 11.8. The summed E-state index contributed by atoms with van der Waals surface area (Å²) < 4.78 is 84.7. The van der Waals surface area contributed by atoms with Crippen LogP contribution < -0.4 is 15.0 Å². The first-order chi connectivity index (χ1) is 17.3. The minimum Gasteiger partial charge on any atom is -0.479 e. The molecule has 200 valence electrons. The smallest absolute Gasteiger partial charge is 0.416 e. The number of carbonyl (C=O) groups excluding carboxylic acids is 2. The van der Waals surface area contributed by atoms with Crippen molar-refractivity contribution in [3.8, 4) is 5.75 Å². The number of likely N-dealkylation sites (tertiary alicyclic amines) is 1. The highest BCUT2D eigenvalue weighted by molar-refractivity contribution is 6.06. The molecule has 1 unspecified atom stereocenters. The van der Waals surface area contributed by atoms with Crippen LogP contribution in [0, 0.1) is 0 Å². The summed E-state index contributed by atoms with van der Waals surface area (Å²) in [5.74, 6) is -1.07. The molecule has 2 heterocycles. The van der Waals surface area contributed by atoms with Gasteiger partial charge in [-0.25, -0.2) is 0 Å². The van der Waals surface area contributed by atoms with Gasteiger partial charge in [0.2, 0.25) is 0 Å². The Hall–Kier alpha value is -3.28. The van der Waals surface area contributed by atoms with Crippen LogP contribution in [-0.2, 0) is 17.1 Å². The molecule has 2 aliphatic heterocycles. The number of piperidine rings is 1. The minimum atomic E-state index is -5.08. The van der Waals surface area contributed by atoms with Crippen molar-refractivity contribution in [3.63, 3.8) is 0 Å². The van der Waals surface area contributed by atoms with Crippen molar-refractivity contribution >= 4 is 23.2 Å². The SMILES string of the molecule is CC1Oc2ccc(NC(=O)c3cc(C(F)(F)F)cc(C(F)(F)F)c3)cc2N(CCN2CCCCC2)C1=O. The minimum absolute atomic E-state index is 0.0417. The standard InChI is InChI=1S/C25H25F6N3O3/c1-15-23(36)34(10-9-33-7-3-2-4-8-33)20-14-19(5-6-21(20)37-15)32-22(35)16-11-17(24(26,27)28)13-18(12-16)25(29,30)31/h5-6,11-15H,2-4,7-10H2,1H3,(H,32,35). The van der Waals surface area contributed by atoms with E-state index in [-0.39, 0.29) is 17.7 Å². The number of ether oxygens (including phenoxy) is 1. The summed E-state index contributed by atoms with van der Waals surface area (Å²) in [6.07, 6.45) is -7.58. The van der Waals surface area contributed by atoms with E-state index in [1.54, 1.807) is 6.92 Å². The lowest BCUT2D eigenvalue weighted by molar-refractivity contribution is -0.143. The molecule has 2 aliphatic rings. The molecule has 4 rings (SSSR count). The van der Waals surface area contributed by atoms with Crippen molar-refractivity contribution < 1.29 is 40.7 Å². The average molecular weight is 529 g/mol. The van der Waals surface area contributed by atoms with Gasteiger partial charge in [0, 0.05) is 24.3 Å². The molecule has 1 saturated heterocycles. The Kier molecular flexibility index (Phi) is 7.40. The Labute approximate surface area is 209 Å². The molecule has 1 atom stereocenters. The van der Waals surface area contributed by atoms with E-state index in [9.17, 15) is 35.9 Å². The van der Waals surface area contributed by atoms with Gasteiger partial charge in [-0.2, -0.15) is 26.3 Å². The van der Waals surface area contributed by atoms with Crippen LogP contribution in [0.4, 0.5) is 37.7 Å². The van der Waals surface area contributed by atoms with E-state index in [2.05, 4.69) is 10.2 Å². The molecular formula is C25H25F6N3O3. The summed E-state index contributed by atoms with van der Waals surface area (Å²) >= 11 is 0. The van der Waals surface area contributed by atoms with E-state index in [4.69, 9.17) is 4.74 Å². The van der Waals surface area contributed by atoms with E-state index in [1.165, 1.54) is 23.1 Å². The number of rotatable bonds is 5. The first-order valence-electron chi connectivity index (χ1n) is 11.8. The highest BCUT2D eigenvalue weighted by Gasteiger charge is 2.38. The number of alkyl halides is 6. The summed E-state index contributed by atoms with van der Waals surface area (Å²) in [4.78, 5) is 29.3. The quantitative estimate of drug-likeness (QED) is 0.514. The first kappa shape index (κ1) is 26.8. The lowest BCUT2D eigenvalue weighted by Crippen LogP contribution is -2.48. The van der Waals surface area contributed by atoms with Crippen molar-refractivity contribution in [2.24, 2.45) is 0 Å². The molecule has 0 spiro atoms. The molecule has 6 nitrogen and oxygen atoms in total. The number of hydrogen-bond donors (Lipinski definition) is 1. The Morgan fingerprint density at radius 1 is 0.946 bits per heavy atom. The van der Waals surface area contributed by atoms with Gasteiger partial charge in [0.25, 0.3) is 11.8 Å². The molecule has 2 aromatic carbocycles. The van der Waals surface area contributed by atoms with Crippen LogP contribution in [0.15, 0.2) is 36.4 Å². The van der Waals surface area contributed by atoms with Gasteiger partial charge in [-0.05, 0) is 69.3 Å². The summed E-state index contributed by atoms with van der Waals surface area (Å²) in [7, 11) is 0. The molecule has 0 radical (unpaired) electrons. The number of fused-ring (bicyclic) bond motifs is 1. The molecule has 2 aromatic rings. The van der Waals surface area contributed by atoms with Crippen LogP contribution in [0.25, 0.3) is 0 Å². The summed E-state index contributed by atoms with van der Waals surface area (Å²) in [5.41, 5.74) is -3.53. The molecular weight excluding hydrogens is 504 g/mol. The zero-order valence-electron chi connectivity index (χ0n) is 19.9. The fraction of sp³-hybridized carbons (Fsp3) is 0.440. The van der Waals surface area contributed by atoms with E-state index in [0.717, 1.165) is 32.4 Å². The average Bonchev–Trinajstić information content (AvgIpc) is 2.84. The highest BCUT2D eigenvalue weighted by Crippen LogP contribution is 2.38. The number of nitrogens with zero attached hydrogens (tertiary/aromatic N) is 2. The van der Waals surface area contributed by atoms with Gasteiger partial charge in [0.15, 0.2) is 6.10 Å². The lowest BCUT2D eigenvalue weighted by atomic mass is 10.0. The predicted octanol–water partition coefficient (Wildman–Crippen LogP) is 5.58. The van der Waals surface area contributed by atoms with E-state index in [0.29, 0.717) is 36.7 Å².